The van der Waals surface area contributed by atoms with Crippen LogP contribution in [0.5, 0.6) is 23.0 Å². The van der Waals surface area contributed by atoms with E-state index in [1.54, 1.807) is 21.9 Å². The molecule has 59 heavy (non-hydrogen) atoms. The van der Waals surface area contributed by atoms with Crippen molar-refractivity contribution in [2.75, 3.05) is 13.1 Å². The lowest BCUT2D eigenvalue weighted by atomic mass is 9.49. The average Bonchev–Trinajstić information content (AvgIpc) is 3.18. The zero-order valence-electron chi connectivity index (χ0n) is 33.9. The average molecular weight is 805 g/mol. The van der Waals surface area contributed by atoms with Gasteiger partial charge in [-0.25, -0.2) is 4.79 Å². The Bertz CT molecular complexity index is 2100. The fraction of sp³-hybridized carbons (Fsp3) is 0.362. The number of carboxylic acid groups (broad SMARTS) is 1. The SMILES string of the molecule is CCCN(Cc1ccc(Oc2ccccc2)cc1)C(=O)C1CC(C(=O)O)(C(O)CC2=CC(=O)OC(C)(C)O2)C1C(=O)N(CCC)Cc1ccc(Oc2ccccc2)cc1. The highest BCUT2D eigenvalue weighted by Crippen LogP contribution is 2.57. The number of carbonyl (C=O) groups excluding carboxylic acids is 3. The van der Waals surface area contributed by atoms with Crippen LogP contribution < -0.4 is 9.47 Å². The minimum Gasteiger partial charge on any atom is -0.481 e. The highest BCUT2D eigenvalue weighted by atomic mass is 16.7. The quantitative estimate of drug-likeness (QED) is 0.0944. The fourth-order valence-corrected chi connectivity index (χ4v) is 7.90. The van der Waals surface area contributed by atoms with Gasteiger partial charge in [-0.15, -0.1) is 0 Å². The van der Waals surface area contributed by atoms with Crippen molar-refractivity contribution in [2.45, 2.75) is 78.4 Å². The number of esters is 1. The molecule has 0 spiro atoms. The number of ether oxygens (including phenoxy) is 4. The monoisotopic (exact) mass is 804 g/mol. The van der Waals surface area contributed by atoms with Gasteiger partial charge in [0.1, 0.15) is 34.2 Å². The number of amides is 2. The van der Waals surface area contributed by atoms with Gasteiger partial charge in [-0.2, -0.15) is 0 Å². The molecule has 12 heteroatoms. The molecule has 0 saturated heterocycles. The summed E-state index contributed by atoms with van der Waals surface area (Å²) in [5.74, 6) is -4.27. The van der Waals surface area contributed by atoms with E-state index in [0.29, 0.717) is 42.4 Å². The molecule has 6 rings (SSSR count). The number of hydrogen-bond acceptors (Lipinski definition) is 9. The first kappa shape index (κ1) is 42.5. The first-order valence-corrected chi connectivity index (χ1v) is 20.1. The van der Waals surface area contributed by atoms with E-state index in [1.807, 2.05) is 111 Å². The standard InChI is InChI=1S/C47H52N2O10/c1-5-25-48(30-32-17-21-36(22-18-32)56-34-13-9-7-10-14-34)43(52)39-29-47(45(54)55,40(50)27-38-28-41(51)59-46(3,4)58-38)42(39)44(53)49(26-6-2)31-33-19-23-37(24-20-33)57-35-15-11-8-12-16-35/h7-24,28,39-40,42,50H,5-6,25-27,29-31H2,1-4H3,(H,54,55). The number of carbonyl (C=O) groups is 4. The van der Waals surface area contributed by atoms with Gasteiger partial charge in [-0.3, -0.25) is 14.4 Å². The van der Waals surface area contributed by atoms with Crippen LogP contribution in [0, 0.1) is 17.3 Å². The van der Waals surface area contributed by atoms with Crippen molar-refractivity contribution < 1.29 is 48.3 Å². The summed E-state index contributed by atoms with van der Waals surface area (Å²) in [4.78, 5) is 58.7. The number of aliphatic hydroxyl groups excluding tert-OH is 1. The van der Waals surface area contributed by atoms with E-state index >= 15 is 0 Å². The molecule has 4 atom stereocenters. The van der Waals surface area contributed by atoms with Crippen LogP contribution in [0.4, 0.5) is 0 Å². The number of benzene rings is 4. The third kappa shape index (κ3) is 10.1. The normalized spacial score (nSPS) is 19.8. The number of para-hydroxylation sites is 2. The minimum atomic E-state index is -2.07. The lowest BCUT2D eigenvalue weighted by Gasteiger charge is -2.54. The lowest BCUT2D eigenvalue weighted by molar-refractivity contribution is -0.213. The molecule has 0 aromatic heterocycles. The molecule has 4 aromatic rings. The van der Waals surface area contributed by atoms with Gasteiger partial charge in [0.25, 0.3) is 0 Å². The van der Waals surface area contributed by atoms with Crippen molar-refractivity contribution in [1.82, 2.24) is 9.80 Å². The first-order valence-electron chi connectivity index (χ1n) is 20.1. The van der Waals surface area contributed by atoms with Crippen LogP contribution in [0.25, 0.3) is 0 Å². The number of rotatable bonds is 18. The molecule has 1 saturated carbocycles. The van der Waals surface area contributed by atoms with Crippen molar-refractivity contribution in [3.8, 4) is 23.0 Å². The zero-order valence-corrected chi connectivity index (χ0v) is 33.9. The topological polar surface area (TPSA) is 152 Å². The summed E-state index contributed by atoms with van der Waals surface area (Å²) in [5, 5.41) is 22.9. The van der Waals surface area contributed by atoms with Gasteiger partial charge >= 0.3 is 11.9 Å². The molecule has 0 radical (unpaired) electrons. The Morgan fingerprint density at radius 1 is 0.712 bits per heavy atom. The number of cyclic esters (lactones) is 1. The first-order chi connectivity index (χ1) is 28.3. The Hall–Kier alpha value is -6.14. The van der Waals surface area contributed by atoms with Crippen molar-refractivity contribution in [3.63, 3.8) is 0 Å². The molecule has 2 aliphatic rings. The van der Waals surface area contributed by atoms with Gasteiger partial charge in [-0.1, -0.05) is 74.5 Å². The summed E-state index contributed by atoms with van der Waals surface area (Å²) >= 11 is 0. The number of aliphatic carboxylic acids is 1. The summed E-state index contributed by atoms with van der Waals surface area (Å²) < 4.78 is 22.9. The minimum absolute atomic E-state index is 0.0240. The number of aliphatic hydroxyl groups is 1. The van der Waals surface area contributed by atoms with Gasteiger partial charge < -0.3 is 39.0 Å². The van der Waals surface area contributed by atoms with Crippen LogP contribution in [-0.4, -0.2) is 68.7 Å². The Morgan fingerprint density at radius 3 is 1.61 bits per heavy atom. The van der Waals surface area contributed by atoms with Crippen molar-refractivity contribution >= 4 is 23.8 Å². The second kappa shape index (κ2) is 18.6. The van der Waals surface area contributed by atoms with Crippen molar-refractivity contribution in [3.05, 3.63) is 132 Å². The smallest absolute Gasteiger partial charge is 0.337 e. The molecular formula is C47H52N2O10. The molecule has 4 aromatic carbocycles. The number of carboxylic acids is 1. The molecular weight excluding hydrogens is 753 g/mol. The van der Waals surface area contributed by atoms with Crippen LogP contribution in [0.2, 0.25) is 0 Å². The predicted molar refractivity (Wildman–Crippen MR) is 219 cm³/mol. The molecule has 1 heterocycles. The molecule has 2 N–H and O–H groups in total. The molecule has 2 amide bonds. The highest BCUT2D eigenvalue weighted by Gasteiger charge is 2.68. The Morgan fingerprint density at radius 2 is 1.17 bits per heavy atom. The molecule has 0 bridgehead atoms. The van der Waals surface area contributed by atoms with E-state index in [-0.39, 0.29) is 44.1 Å². The molecule has 1 aliphatic heterocycles. The summed E-state index contributed by atoms with van der Waals surface area (Å²) in [7, 11) is 0. The van der Waals surface area contributed by atoms with Crippen molar-refractivity contribution in [1.29, 1.82) is 0 Å². The second-order valence-electron chi connectivity index (χ2n) is 15.5. The molecule has 4 unspecified atom stereocenters. The van der Waals surface area contributed by atoms with Crippen LogP contribution >= 0.6 is 0 Å². The van der Waals surface area contributed by atoms with Gasteiger partial charge in [0.2, 0.25) is 17.6 Å². The Labute approximate surface area is 345 Å². The molecule has 12 nitrogen and oxygen atoms in total. The van der Waals surface area contributed by atoms with E-state index in [9.17, 15) is 29.4 Å². The molecule has 1 fully saturated rings. The lowest BCUT2D eigenvalue weighted by Crippen LogP contribution is -2.67. The zero-order chi connectivity index (χ0) is 42.2. The maximum Gasteiger partial charge on any atom is 0.337 e. The summed E-state index contributed by atoms with van der Waals surface area (Å²) in [5.41, 5.74) is -0.479. The van der Waals surface area contributed by atoms with Gasteiger partial charge in [-0.05, 0) is 78.9 Å². The third-order valence-electron chi connectivity index (χ3n) is 10.6. The van der Waals surface area contributed by atoms with E-state index in [2.05, 4.69) is 0 Å². The summed E-state index contributed by atoms with van der Waals surface area (Å²) in [6, 6.07) is 33.4. The van der Waals surface area contributed by atoms with Gasteiger partial charge in [0.05, 0.1) is 24.0 Å². The number of hydrogen-bond donors (Lipinski definition) is 2. The van der Waals surface area contributed by atoms with Crippen LogP contribution in [0.3, 0.4) is 0 Å². The largest absolute Gasteiger partial charge is 0.481 e. The summed E-state index contributed by atoms with van der Waals surface area (Å²) in [6.07, 6.45) is -0.144. The maximum atomic E-state index is 15.0. The van der Waals surface area contributed by atoms with E-state index in [0.717, 1.165) is 17.2 Å². The van der Waals surface area contributed by atoms with E-state index in [4.69, 9.17) is 18.9 Å². The third-order valence-corrected chi connectivity index (χ3v) is 10.6. The van der Waals surface area contributed by atoms with Crippen LogP contribution in [-0.2, 0) is 41.7 Å². The Kier molecular flexibility index (Phi) is 13.4. The van der Waals surface area contributed by atoms with Crippen molar-refractivity contribution in [2.24, 2.45) is 17.3 Å². The van der Waals surface area contributed by atoms with Crippen LogP contribution in [0.1, 0.15) is 64.5 Å². The Balaban J connectivity index is 1.28. The van der Waals surface area contributed by atoms with E-state index < -0.39 is 47.0 Å². The van der Waals surface area contributed by atoms with Gasteiger partial charge in [0.15, 0.2) is 0 Å². The fourth-order valence-electron chi connectivity index (χ4n) is 7.90. The predicted octanol–water partition coefficient (Wildman–Crippen LogP) is 8.10. The highest BCUT2D eigenvalue weighted by molar-refractivity contribution is 5.96. The van der Waals surface area contributed by atoms with E-state index in [1.165, 1.54) is 13.8 Å². The van der Waals surface area contributed by atoms with Crippen LogP contribution in [0.15, 0.2) is 121 Å². The molecule has 310 valence electrons. The molecule has 1 aliphatic carbocycles. The summed E-state index contributed by atoms with van der Waals surface area (Å²) in [6.45, 7) is 7.87. The maximum absolute atomic E-state index is 15.0. The van der Waals surface area contributed by atoms with Gasteiger partial charge in [0, 0.05) is 46.4 Å². The number of nitrogens with zero attached hydrogens (tertiary/aromatic N) is 2. The second-order valence-corrected chi connectivity index (χ2v) is 15.5.